The van der Waals surface area contributed by atoms with Crippen LogP contribution < -0.4 is 5.32 Å². The Morgan fingerprint density at radius 1 is 1.35 bits per heavy atom. The van der Waals surface area contributed by atoms with Crippen LogP contribution in [0.2, 0.25) is 0 Å². The van der Waals surface area contributed by atoms with Gasteiger partial charge in [0.2, 0.25) is 0 Å². The minimum atomic E-state index is -0.729. The summed E-state index contributed by atoms with van der Waals surface area (Å²) in [4.78, 5) is 26.3. The number of H-pyrrole nitrogens is 1. The van der Waals surface area contributed by atoms with Crippen LogP contribution in [0.5, 0.6) is 0 Å². The van der Waals surface area contributed by atoms with E-state index in [1.54, 1.807) is 12.3 Å². The summed E-state index contributed by atoms with van der Waals surface area (Å²) >= 11 is 3.21. The van der Waals surface area contributed by atoms with Crippen molar-refractivity contribution in [3.05, 3.63) is 52.0 Å². The average Bonchev–Trinajstić information content (AvgIpc) is 2.86. The minimum Gasteiger partial charge on any atom is -0.465 e. The summed E-state index contributed by atoms with van der Waals surface area (Å²) in [6.45, 7) is 0. The van der Waals surface area contributed by atoms with E-state index < -0.39 is 17.7 Å². The molecular formula is C13H10BrFN2O3. The Hall–Kier alpha value is -2.15. The van der Waals surface area contributed by atoms with Crippen molar-refractivity contribution in [2.24, 2.45) is 0 Å². The zero-order valence-electron chi connectivity index (χ0n) is 10.4. The third kappa shape index (κ3) is 3.05. The summed E-state index contributed by atoms with van der Waals surface area (Å²) in [6.07, 6.45) is 1.60. The largest absolute Gasteiger partial charge is 0.465 e. The molecule has 5 nitrogen and oxygen atoms in total. The minimum absolute atomic E-state index is 0.0496. The van der Waals surface area contributed by atoms with Crippen LogP contribution in [-0.4, -0.2) is 24.0 Å². The van der Waals surface area contributed by atoms with Crippen LogP contribution in [0.3, 0.4) is 0 Å². The van der Waals surface area contributed by atoms with Crippen LogP contribution in [0, 0.1) is 5.82 Å². The van der Waals surface area contributed by atoms with E-state index in [0.29, 0.717) is 5.69 Å². The molecule has 0 aliphatic heterocycles. The third-order valence-corrected chi connectivity index (χ3v) is 2.99. The molecule has 2 rings (SSSR count). The number of hydrogen-bond acceptors (Lipinski definition) is 3. The Bertz CT molecular complexity index is 669. The summed E-state index contributed by atoms with van der Waals surface area (Å²) in [5.74, 6) is -1.77. The predicted octanol–water partition coefficient (Wildman–Crippen LogP) is 2.96. The van der Waals surface area contributed by atoms with E-state index in [2.05, 4.69) is 31.0 Å². The van der Waals surface area contributed by atoms with Crippen molar-refractivity contribution in [2.45, 2.75) is 0 Å². The molecule has 0 saturated carbocycles. The molecule has 7 heteroatoms. The molecule has 0 aliphatic carbocycles. The van der Waals surface area contributed by atoms with Crippen molar-refractivity contribution in [1.82, 2.24) is 4.98 Å². The number of ether oxygens (including phenoxy) is 1. The molecule has 2 aromatic rings. The van der Waals surface area contributed by atoms with Crippen molar-refractivity contribution in [3.8, 4) is 0 Å². The van der Waals surface area contributed by atoms with Gasteiger partial charge in [-0.05, 0) is 40.2 Å². The number of carbonyl (C=O) groups excluding carboxylic acids is 2. The zero-order valence-corrected chi connectivity index (χ0v) is 12.0. The maximum absolute atomic E-state index is 13.2. The van der Waals surface area contributed by atoms with Crippen molar-refractivity contribution >= 4 is 33.5 Å². The number of aromatic amines is 1. The van der Waals surface area contributed by atoms with E-state index in [0.717, 1.165) is 16.6 Å². The SMILES string of the molecule is COC(=O)c1cc(F)ccc1NC(=O)c1cc(Br)c[nH]1. The van der Waals surface area contributed by atoms with E-state index in [1.807, 2.05) is 0 Å². The van der Waals surface area contributed by atoms with Gasteiger partial charge in [-0.2, -0.15) is 0 Å². The molecule has 0 aliphatic rings. The van der Waals surface area contributed by atoms with Crippen molar-refractivity contribution in [1.29, 1.82) is 0 Å². The normalized spacial score (nSPS) is 10.2. The molecule has 1 heterocycles. The van der Waals surface area contributed by atoms with Gasteiger partial charge in [-0.15, -0.1) is 0 Å². The highest BCUT2D eigenvalue weighted by Crippen LogP contribution is 2.19. The fourth-order valence-electron chi connectivity index (χ4n) is 1.59. The number of benzene rings is 1. The van der Waals surface area contributed by atoms with E-state index in [-0.39, 0.29) is 11.3 Å². The molecule has 0 spiro atoms. The van der Waals surface area contributed by atoms with Crippen molar-refractivity contribution in [2.75, 3.05) is 12.4 Å². The van der Waals surface area contributed by atoms with Crippen LogP contribution in [0.15, 0.2) is 34.9 Å². The van der Waals surface area contributed by atoms with E-state index in [9.17, 15) is 14.0 Å². The molecular weight excluding hydrogens is 331 g/mol. The van der Waals surface area contributed by atoms with Gasteiger partial charge in [0.1, 0.15) is 11.5 Å². The third-order valence-electron chi connectivity index (χ3n) is 2.53. The smallest absolute Gasteiger partial charge is 0.340 e. The lowest BCUT2D eigenvalue weighted by Crippen LogP contribution is -2.16. The predicted molar refractivity (Wildman–Crippen MR) is 74.2 cm³/mol. The van der Waals surface area contributed by atoms with Gasteiger partial charge < -0.3 is 15.0 Å². The van der Waals surface area contributed by atoms with Crippen molar-refractivity contribution < 1.29 is 18.7 Å². The van der Waals surface area contributed by atoms with Gasteiger partial charge in [0.15, 0.2) is 0 Å². The topological polar surface area (TPSA) is 71.2 Å². The van der Waals surface area contributed by atoms with Crippen LogP contribution in [-0.2, 0) is 4.74 Å². The number of nitrogens with one attached hydrogen (secondary N) is 2. The van der Waals surface area contributed by atoms with E-state index in [1.165, 1.54) is 13.2 Å². The highest BCUT2D eigenvalue weighted by Gasteiger charge is 2.16. The first kappa shape index (κ1) is 14.3. The molecule has 0 radical (unpaired) electrons. The first-order valence-corrected chi connectivity index (χ1v) is 6.33. The molecule has 1 aromatic carbocycles. The summed E-state index contributed by atoms with van der Waals surface area (Å²) in [5.41, 5.74) is 0.428. The molecule has 0 unspecified atom stereocenters. The van der Waals surface area contributed by atoms with E-state index in [4.69, 9.17) is 0 Å². The second-order valence-corrected chi connectivity index (χ2v) is 4.78. The molecule has 1 aromatic heterocycles. The Labute approximate surface area is 122 Å². The lowest BCUT2D eigenvalue weighted by atomic mass is 10.1. The standard InChI is InChI=1S/C13H10BrFN2O3/c1-20-13(19)9-5-8(15)2-3-10(9)17-12(18)11-4-7(14)6-16-11/h2-6,16H,1H3,(H,17,18). The summed E-state index contributed by atoms with van der Waals surface area (Å²) in [7, 11) is 1.18. The maximum Gasteiger partial charge on any atom is 0.340 e. The van der Waals surface area contributed by atoms with Crippen molar-refractivity contribution in [3.63, 3.8) is 0 Å². The number of rotatable bonds is 3. The highest BCUT2D eigenvalue weighted by atomic mass is 79.9. The number of hydrogen-bond donors (Lipinski definition) is 2. The number of methoxy groups -OCH3 is 1. The summed E-state index contributed by atoms with van der Waals surface area (Å²) in [5, 5.41) is 2.52. The summed E-state index contributed by atoms with van der Waals surface area (Å²) in [6, 6.07) is 5.03. The van der Waals surface area contributed by atoms with Gasteiger partial charge in [-0.3, -0.25) is 4.79 Å². The van der Waals surface area contributed by atoms with Crippen LogP contribution in [0.1, 0.15) is 20.8 Å². The van der Waals surface area contributed by atoms with Crippen LogP contribution in [0.4, 0.5) is 10.1 Å². The Balaban J connectivity index is 2.29. The van der Waals surface area contributed by atoms with E-state index >= 15 is 0 Å². The number of carbonyl (C=O) groups is 2. The first-order chi connectivity index (χ1) is 9.51. The number of esters is 1. The molecule has 1 amide bonds. The number of amides is 1. The number of anilines is 1. The molecule has 0 bridgehead atoms. The van der Waals surface area contributed by atoms with Gasteiger partial charge in [0.25, 0.3) is 5.91 Å². The average molecular weight is 341 g/mol. The second kappa shape index (κ2) is 5.87. The van der Waals surface area contributed by atoms with Gasteiger partial charge in [0.05, 0.1) is 18.4 Å². The maximum atomic E-state index is 13.2. The second-order valence-electron chi connectivity index (χ2n) is 3.87. The zero-order chi connectivity index (χ0) is 14.7. The van der Waals surface area contributed by atoms with Gasteiger partial charge >= 0.3 is 5.97 Å². The molecule has 0 fully saturated rings. The monoisotopic (exact) mass is 340 g/mol. The fourth-order valence-corrected chi connectivity index (χ4v) is 1.94. The van der Waals surface area contributed by atoms with Crippen LogP contribution >= 0.6 is 15.9 Å². The number of aromatic nitrogens is 1. The lowest BCUT2D eigenvalue weighted by molar-refractivity contribution is 0.0601. The molecule has 2 N–H and O–H groups in total. The molecule has 0 atom stereocenters. The quantitative estimate of drug-likeness (QED) is 0.844. The number of halogens is 2. The summed E-state index contributed by atoms with van der Waals surface area (Å²) < 4.78 is 18.4. The molecule has 0 saturated heterocycles. The first-order valence-electron chi connectivity index (χ1n) is 5.54. The Morgan fingerprint density at radius 2 is 2.10 bits per heavy atom. The molecule has 20 heavy (non-hydrogen) atoms. The van der Waals surface area contributed by atoms with Gasteiger partial charge in [0, 0.05) is 10.7 Å². The van der Waals surface area contributed by atoms with Gasteiger partial charge in [-0.1, -0.05) is 0 Å². The van der Waals surface area contributed by atoms with Crippen LogP contribution in [0.25, 0.3) is 0 Å². The lowest BCUT2D eigenvalue weighted by Gasteiger charge is -2.09. The van der Waals surface area contributed by atoms with Gasteiger partial charge in [-0.25, -0.2) is 9.18 Å². The fraction of sp³-hybridized carbons (Fsp3) is 0.0769. The molecule has 104 valence electrons. The highest BCUT2D eigenvalue weighted by molar-refractivity contribution is 9.10. The Kier molecular flexibility index (Phi) is 4.19. The Morgan fingerprint density at radius 3 is 2.70 bits per heavy atom.